The molecule has 4 nitrogen and oxygen atoms in total. The van der Waals surface area contributed by atoms with Gasteiger partial charge in [-0.25, -0.2) is 9.97 Å². The SMILES string of the molecule is CCOC(CC)(CC)c1ncc2c(n1)CCCC2N. The van der Waals surface area contributed by atoms with Gasteiger partial charge in [-0.2, -0.15) is 0 Å². The van der Waals surface area contributed by atoms with Gasteiger partial charge in [0.1, 0.15) is 5.60 Å². The van der Waals surface area contributed by atoms with Crippen molar-refractivity contribution in [3.8, 4) is 0 Å². The topological polar surface area (TPSA) is 61.0 Å². The zero-order valence-electron chi connectivity index (χ0n) is 12.3. The molecule has 0 aromatic carbocycles. The summed E-state index contributed by atoms with van der Waals surface area (Å²) in [6.45, 7) is 6.97. The fraction of sp³-hybridized carbons (Fsp3) is 0.733. The normalized spacial score (nSPS) is 19.3. The van der Waals surface area contributed by atoms with Gasteiger partial charge in [-0.15, -0.1) is 0 Å². The number of hydrogen-bond acceptors (Lipinski definition) is 4. The summed E-state index contributed by atoms with van der Waals surface area (Å²) >= 11 is 0. The lowest BCUT2D eigenvalue weighted by Gasteiger charge is -2.31. The minimum Gasteiger partial charge on any atom is -0.367 e. The van der Waals surface area contributed by atoms with E-state index < -0.39 is 0 Å². The highest BCUT2D eigenvalue weighted by Gasteiger charge is 2.33. The summed E-state index contributed by atoms with van der Waals surface area (Å²) in [6.07, 6.45) is 6.86. The Morgan fingerprint density at radius 2 is 2.11 bits per heavy atom. The van der Waals surface area contributed by atoms with Gasteiger partial charge in [0.25, 0.3) is 0 Å². The van der Waals surface area contributed by atoms with Crippen molar-refractivity contribution >= 4 is 0 Å². The average Bonchev–Trinajstić information content (AvgIpc) is 2.45. The highest BCUT2D eigenvalue weighted by molar-refractivity contribution is 5.25. The van der Waals surface area contributed by atoms with Crippen LogP contribution in [0.15, 0.2) is 6.20 Å². The van der Waals surface area contributed by atoms with E-state index in [2.05, 4.69) is 18.8 Å². The summed E-state index contributed by atoms with van der Waals surface area (Å²) in [4.78, 5) is 9.34. The Balaban J connectivity index is 2.39. The van der Waals surface area contributed by atoms with E-state index in [0.717, 1.165) is 49.2 Å². The van der Waals surface area contributed by atoms with E-state index >= 15 is 0 Å². The number of fused-ring (bicyclic) bond motifs is 1. The van der Waals surface area contributed by atoms with Crippen LogP contribution in [-0.4, -0.2) is 16.6 Å². The van der Waals surface area contributed by atoms with Gasteiger partial charge in [-0.05, 0) is 39.0 Å². The van der Waals surface area contributed by atoms with Crippen LogP contribution in [0.4, 0.5) is 0 Å². The van der Waals surface area contributed by atoms with Crippen molar-refractivity contribution in [2.75, 3.05) is 6.61 Å². The Hall–Kier alpha value is -1.00. The van der Waals surface area contributed by atoms with Gasteiger partial charge < -0.3 is 10.5 Å². The molecule has 0 radical (unpaired) electrons. The summed E-state index contributed by atoms with van der Waals surface area (Å²) < 4.78 is 5.98. The van der Waals surface area contributed by atoms with Crippen molar-refractivity contribution in [1.82, 2.24) is 9.97 Å². The molecule has 1 aromatic rings. The molecule has 0 bridgehead atoms. The molecule has 1 heterocycles. The van der Waals surface area contributed by atoms with Crippen LogP contribution in [-0.2, 0) is 16.8 Å². The highest BCUT2D eigenvalue weighted by atomic mass is 16.5. The molecule has 1 atom stereocenters. The first-order valence-electron chi connectivity index (χ1n) is 7.42. The maximum absolute atomic E-state index is 6.12. The van der Waals surface area contributed by atoms with Crippen LogP contribution in [0.3, 0.4) is 0 Å². The van der Waals surface area contributed by atoms with Crippen LogP contribution in [0.1, 0.15) is 69.6 Å². The van der Waals surface area contributed by atoms with Crippen LogP contribution in [0.2, 0.25) is 0 Å². The minimum absolute atomic E-state index is 0.0996. The molecule has 0 saturated heterocycles. The summed E-state index contributed by atoms with van der Waals surface area (Å²) in [5.74, 6) is 0.826. The molecule has 0 amide bonds. The molecule has 0 fully saturated rings. The quantitative estimate of drug-likeness (QED) is 0.887. The lowest BCUT2D eigenvalue weighted by atomic mass is 9.91. The number of hydrogen-bond donors (Lipinski definition) is 1. The lowest BCUT2D eigenvalue weighted by molar-refractivity contribution is -0.0573. The zero-order chi connectivity index (χ0) is 13.9. The van der Waals surface area contributed by atoms with Crippen molar-refractivity contribution < 1.29 is 4.74 Å². The van der Waals surface area contributed by atoms with Gasteiger partial charge in [-0.1, -0.05) is 13.8 Å². The molecular formula is C15H25N3O. The van der Waals surface area contributed by atoms with Crippen molar-refractivity contribution in [2.45, 2.75) is 64.5 Å². The number of aryl methyl sites for hydroxylation is 1. The van der Waals surface area contributed by atoms with E-state index in [4.69, 9.17) is 15.5 Å². The number of rotatable bonds is 5. The van der Waals surface area contributed by atoms with Gasteiger partial charge in [0.15, 0.2) is 5.82 Å². The van der Waals surface area contributed by atoms with E-state index in [1.165, 1.54) is 0 Å². The molecule has 1 aliphatic rings. The third-order valence-electron chi connectivity index (χ3n) is 4.20. The first-order valence-corrected chi connectivity index (χ1v) is 7.42. The smallest absolute Gasteiger partial charge is 0.160 e. The van der Waals surface area contributed by atoms with Crippen LogP contribution >= 0.6 is 0 Å². The molecule has 1 unspecified atom stereocenters. The van der Waals surface area contributed by atoms with E-state index in [9.17, 15) is 0 Å². The van der Waals surface area contributed by atoms with E-state index in [1.807, 2.05) is 13.1 Å². The Kier molecular flexibility index (Phi) is 4.53. The second-order valence-corrected chi connectivity index (χ2v) is 5.23. The minimum atomic E-state index is -0.342. The fourth-order valence-corrected chi connectivity index (χ4v) is 2.91. The summed E-state index contributed by atoms with van der Waals surface area (Å²) in [7, 11) is 0. The van der Waals surface area contributed by atoms with Gasteiger partial charge in [0.2, 0.25) is 0 Å². The number of aromatic nitrogens is 2. The molecule has 1 aromatic heterocycles. The molecule has 2 N–H and O–H groups in total. The predicted molar refractivity (Wildman–Crippen MR) is 75.8 cm³/mol. The molecule has 106 valence electrons. The molecule has 4 heteroatoms. The lowest BCUT2D eigenvalue weighted by Crippen LogP contribution is -2.32. The van der Waals surface area contributed by atoms with Gasteiger partial charge in [-0.3, -0.25) is 0 Å². The number of nitrogens with zero attached hydrogens (tertiary/aromatic N) is 2. The Morgan fingerprint density at radius 3 is 2.74 bits per heavy atom. The Morgan fingerprint density at radius 1 is 1.37 bits per heavy atom. The average molecular weight is 263 g/mol. The van der Waals surface area contributed by atoms with Gasteiger partial charge in [0, 0.05) is 30.1 Å². The molecule has 0 aliphatic heterocycles. The number of ether oxygens (including phenoxy) is 1. The monoisotopic (exact) mass is 263 g/mol. The van der Waals surface area contributed by atoms with Crippen molar-refractivity contribution in [2.24, 2.45) is 5.73 Å². The molecule has 19 heavy (non-hydrogen) atoms. The molecule has 1 aliphatic carbocycles. The number of nitrogens with two attached hydrogens (primary N) is 1. The third kappa shape index (κ3) is 2.65. The van der Waals surface area contributed by atoms with Crippen LogP contribution in [0, 0.1) is 0 Å². The van der Waals surface area contributed by atoms with Crippen molar-refractivity contribution in [3.63, 3.8) is 0 Å². The largest absolute Gasteiger partial charge is 0.367 e. The maximum atomic E-state index is 6.12. The molecular weight excluding hydrogens is 238 g/mol. The van der Waals surface area contributed by atoms with Crippen LogP contribution in [0.25, 0.3) is 0 Å². The second-order valence-electron chi connectivity index (χ2n) is 5.23. The van der Waals surface area contributed by atoms with E-state index in [0.29, 0.717) is 6.61 Å². The van der Waals surface area contributed by atoms with Crippen molar-refractivity contribution in [1.29, 1.82) is 0 Å². The van der Waals surface area contributed by atoms with Gasteiger partial charge >= 0.3 is 0 Å². The first-order chi connectivity index (χ1) is 9.16. The second kappa shape index (κ2) is 5.97. The zero-order valence-corrected chi connectivity index (χ0v) is 12.3. The van der Waals surface area contributed by atoms with E-state index in [-0.39, 0.29) is 11.6 Å². The standard InChI is InChI=1S/C15H25N3O/c1-4-15(5-2,19-6-3)14-17-10-11-12(16)8-7-9-13(11)18-14/h10,12H,4-9,16H2,1-3H3. The fourth-order valence-electron chi connectivity index (χ4n) is 2.91. The summed E-state index contributed by atoms with van der Waals surface area (Å²) in [6, 6.07) is 0.0996. The van der Waals surface area contributed by atoms with Gasteiger partial charge in [0.05, 0.1) is 0 Å². The summed E-state index contributed by atoms with van der Waals surface area (Å²) in [5.41, 5.74) is 8.01. The molecule has 2 rings (SSSR count). The Labute approximate surface area is 115 Å². The van der Waals surface area contributed by atoms with E-state index in [1.54, 1.807) is 0 Å². The predicted octanol–water partition coefficient (Wildman–Crippen LogP) is 2.86. The molecule has 0 saturated carbocycles. The molecule has 0 spiro atoms. The summed E-state index contributed by atoms with van der Waals surface area (Å²) in [5, 5.41) is 0. The third-order valence-corrected chi connectivity index (χ3v) is 4.20. The van der Waals surface area contributed by atoms with Crippen molar-refractivity contribution in [3.05, 3.63) is 23.3 Å². The van der Waals surface area contributed by atoms with Crippen LogP contribution in [0.5, 0.6) is 0 Å². The highest BCUT2D eigenvalue weighted by Crippen LogP contribution is 2.33. The first kappa shape index (κ1) is 14.4. The Bertz CT molecular complexity index is 429. The maximum Gasteiger partial charge on any atom is 0.160 e. The van der Waals surface area contributed by atoms with Crippen LogP contribution < -0.4 is 5.73 Å².